The monoisotopic (exact) mass is 473 g/mol. The number of fused-ring (bicyclic) bond motifs is 1. The summed E-state index contributed by atoms with van der Waals surface area (Å²) in [7, 11) is 0. The van der Waals surface area contributed by atoms with E-state index in [0.717, 1.165) is 11.0 Å². The van der Waals surface area contributed by atoms with Crippen molar-refractivity contribution in [2.75, 3.05) is 5.32 Å². The number of amides is 1. The number of H-pyrrole nitrogens is 1. The summed E-state index contributed by atoms with van der Waals surface area (Å²) in [6.07, 6.45) is 3.45. The van der Waals surface area contributed by atoms with Crippen LogP contribution in [0.25, 0.3) is 11.2 Å². The Morgan fingerprint density at radius 3 is 2.97 bits per heavy atom. The van der Waals surface area contributed by atoms with Gasteiger partial charge < -0.3 is 15.6 Å². The zero-order valence-electron chi connectivity index (χ0n) is 20.6. The molecule has 1 saturated carbocycles. The molecule has 9 nitrogen and oxygen atoms in total. The number of hydrogen-bond donors (Lipinski definition) is 3. The van der Waals surface area contributed by atoms with Gasteiger partial charge in [-0.2, -0.15) is 5.10 Å². The molecule has 5 rings (SSSR count). The van der Waals surface area contributed by atoms with Crippen LogP contribution in [-0.2, 0) is 13.5 Å². The van der Waals surface area contributed by atoms with Gasteiger partial charge in [0.1, 0.15) is 23.5 Å². The summed E-state index contributed by atoms with van der Waals surface area (Å²) in [5.41, 5.74) is 1.50. The third kappa shape index (κ3) is 4.56. The molecule has 1 fully saturated rings. The van der Waals surface area contributed by atoms with E-state index in [9.17, 15) is 18.0 Å². The quantitative estimate of drug-likeness (QED) is 0.393. The van der Waals surface area contributed by atoms with Crippen LogP contribution in [0.2, 0.25) is 0 Å². The lowest BCUT2D eigenvalue weighted by molar-refractivity contribution is 0.00755. The Balaban J connectivity index is 1.29. The van der Waals surface area contributed by atoms with Crippen molar-refractivity contribution in [1.82, 2.24) is 35.0 Å². The molecule has 0 radical (unpaired) electrons. The number of aryl methyl sites for hydroxylation is 1. The van der Waals surface area contributed by atoms with Crippen molar-refractivity contribution < 1.29 is 22.1 Å². The van der Waals surface area contributed by atoms with Gasteiger partial charge in [-0.15, -0.1) is 0 Å². The van der Waals surface area contributed by atoms with Gasteiger partial charge in [-0.3, -0.25) is 9.48 Å². The van der Waals surface area contributed by atoms with Crippen LogP contribution in [0, 0.1) is 5.82 Å². The topological polar surface area (TPSA) is 113 Å². The standard InChI is InChI=1S/C22H21F3N8O/c1-33-10-16(9-29-33)30-15-5-12(4-14(23)6-15)8-26-21(34)18-17-20(28-11-27-18)32-19(31-17)13-2-3-22(24,25)7-13/h4-6,9-11,13,30H,2-3,7-8H2,1H3,(H,26,34)(H,27,28,31,32)/i1D3. The fraction of sp³-hybridized carbons (Fsp3) is 0.318. The molecule has 1 aromatic carbocycles. The van der Waals surface area contributed by atoms with Gasteiger partial charge in [-0.1, -0.05) is 0 Å². The number of carbonyl (C=O) groups is 1. The summed E-state index contributed by atoms with van der Waals surface area (Å²) in [6.45, 7) is -2.50. The van der Waals surface area contributed by atoms with E-state index in [2.05, 4.69) is 35.7 Å². The van der Waals surface area contributed by atoms with Gasteiger partial charge in [-0.05, 0) is 30.2 Å². The second kappa shape index (κ2) is 8.43. The average Bonchev–Trinajstić information content (AvgIpc) is 3.54. The van der Waals surface area contributed by atoms with E-state index in [-0.39, 0.29) is 42.7 Å². The number of aromatic amines is 1. The van der Waals surface area contributed by atoms with Crippen LogP contribution < -0.4 is 10.6 Å². The van der Waals surface area contributed by atoms with Crippen LogP contribution in [-0.4, -0.2) is 41.5 Å². The number of carbonyl (C=O) groups excluding carboxylic acids is 1. The molecule has 3 N–H and O–H groups in total. The summed E-state index contributed by atoms with van der Waals surface area (Å²) in [5, 5.41) is 9.31. The molecule has 3 heterocycles. The molecule has 176 valence electrons. The number of imidazole rings is 1. The molecule has 34 heavy (non-hydrogen) atoms. The highest BCUT2D eigenvalue weighted by Gasteiger charge is 2.41. The van der Waals surface area contributed by atoms with E-state index in [1.165, 1.54) is 24.5 Å². The maximum Gasteiger partial charge on any atom is 0.272 e. The molecule has 1 atom stereocenters. The molecule has 4 aromatic rings. The number of rotatable bonds is 6. The van der Waals surface area contributed by atoms with Crippen molar-refractivity contribution in [3.63, 3.8) is 0 Å². The summed E-state index contributed by atoms with van der Waals surface area (Å²) < 4.78 is 64.4. The lowest BCUT2D eigenvalue weighted by Crippen LogP contribution is -2.24. The third-order valence-corrected chi connectivity index (χ3v) is 5.59. The Labute approximate surface area is 196 Å². The molecule has 1 amide bonds. The maximum absolute atomic E-state index is 14.2. The normalized spacial score (nSPS) is 18.9. The predicted octanol–water partition coefficient (Wildman–Crippen LogP) is 3.80. The lowest BCUT2D eigenvalue weighted by atomic mass is 10.1. The van der Waals surface area contributed by atoms with Crippen LogP contribution in [0.4, 0.5) is 24.5 Å². The first-order valence-corrected chi connectivity index (χ1v) is 10.5. The summed E-state index contributed by atoms with van der Waals surface area (Å²) in [4.78, 5) is 28.1. The fourth-order valence-electron chi connectivity index (χ4n) is 4.04. The molecule has 1 unspecified atom stereocenters. The van der Waals surface area contributed by atoms with E-state index in [1.54, 1.807) is 6.07 Å². The van der Waals surface area contributed by atoms with E-state index in [0.29, 0.717) is 22.8 Å². The maximum atomic E-state index is 14.2. The van der Waals surface area contributed by atoms with E-state index in [1.807, 2.05) is 0 Å². The van der Waals surface area contributed by atoms with Gasteiger partial charge in [0.15, 0.2) is 11.3 Å². The smallest absolute Gasteiger partial charge is 0.272 e. The Morgan fingerprint density at radius 1 is 1.32 bits per heavy atom. The number of alkyl halides is 2. The molecule has 0 spiro atoms. The van der Waals surface area contributed by atoms with Gasteiger partial charge in [0, 0.05) is 48.3 Å². The molecule has 12 heteroatoms. The minimum atomic E-state index is -2.75. The first-order valence-electron chi connectivity index (χ1n) is 12.0. The predicted molar refractivity (Wildman–Crippen MR) is 117 cm³/mol. The first-order chi connectivity index (χ1) is 17.5. The largest absolute Gasteiger partial charge is 0.353 e. The Morgan fingerprint density at radius 2 is 2.21 bits per heavy atom. The highest BCUT2D eigenvalue weighted by molar-refractivity contribution is 6.02. The van der Waals surface area contributed by atoms with Crippen LogP contribution in [0.3, 0.4) is 0 Å². The molecule has 0 bridgehead atoms. The van der Waals surface area contributed by atoms with Crippen molar-refractivity contribution in [3.8, 4) is 0 Å². The first kappa shape index (κ1) is 18.5. The summed E-state index contributed by atoms with van der Waals surface area (Å²) in [6, 6.07) is 4.03. The molecule has 1 aliphatic carbocycles. The SMILES string of the molecule is [2H]C([2H])([2H])n1cc(Nc2cc(F)cc(CNC(=O)c3ncnc4nc(C5CCC(F)(F)C5)[nH]c34)c2)cn1. The van der Waals surface area contributed by atoms with E-state index < -0.39 is 30.5 Å². The van der Waals surface area contributed by atoms with Gasteiger partial charge >= 0.3 is 0 Å². The number of nitrogens with one attached hydrogen (secondary N) is 3. The van der Waals surface area contributed by atoms with Crippen LogP contribution in [0.1, 0.15) is 51.2 Å². The minimum absolute atomic E-state index is 0.0136. The van der Waals surface area contributed by atoms with E-state index >= 15 is 0 Å². The van der Waals surface area contributed by atoms with Crippen LogP contribution in [0.15, 0.2) is 36.9 Å². The Hall–Kier alpha value is -3.96. The molecular weight excluding hydrogens is 449 g/mol. The second-order valence-electron chi connectivity index (χ2n) is 8.17. The van der Waals surface area contributed by atoms with Gasteiger partial charge in [0.05, 0.1) is 11.9 Å². The number of hydrogen-bond acceptors (Lipinski definition) is 6. The van der Waals surface area contributed by atoms with Crippen LogP contribution >= 0.6 is 0 Å². The molecular formula is C22H21F3N8O. The van der Waals surface area contributed by atoms with Crippen molar-refractivity contribution in [1.29, 1.82) is 0 Å². The van der Waals surface area contributed by atoms with Crippen LogP contribution in [0.5, 0.6) is 0 Å². The van der Waals surface area contributed by atoms with Crippen molar-refractivity contribution in [2.24, 2.45) is 6.98 Å². The zero-order chi connectivity index (χ0) is 26.4. The highest BCUT2D eigenvalue weighted by Crippen LogP contribution is 2.43. The minimum Gasteiger partial charge on any atom is -0.353 e. The fourth-order valence-corrected chi connectivity index (χ4v) is 4.04. The molecule has 3 aromatic heterocycles. The summed E-state index contributed by atoms with van der Waals surface area (Å²) in [5.74, 6) is -4.04. The van der Waals surface area contributed by atoms with Gasteiger partial charge in [-0.25, -0.2) is 28.1 Å². The number of nitrogens with zero attached hydrogens (tertiary/aromatic N) is 5. The number of halogens is 3. The van der Waals surface area contributed by atoms with E-state index in [4.69, 9.17) is 4.11 Å². The molecule has 0 saturated heterocycles. The molecule has 1 aliphatic rings. The van der Waals surface area contributed by atoms with Crippen molar-refractivity contribution >= 4 is 28.4 Å². The number of benzene rings is 1. The Bertz CT molecular complexity index is 1470. The second-order valence-corrected chi connectivity index (χ2v) is 8.17. The zero-order valence-corrected chi connectivity index (χ0v) is 17.6. The molecule has 0 aliphatic heterocycles. The van der Waals surface area contributed by atoms with Gasteiger partial charge in [0.2, 0.25) is 5.92 Å². The highest BCUT2D eigenvalue weighted by atomic mass is 19.3. The van der Waals surface area contributed by atoms with Gasteiger partial charge in [0.25, 0.3) is 5.91 Å². The van der Waals surface area contributed by atoms with Crippen molar-refractivity contribution in [3.05, 3.63) is 59.8 Å². The Kier molecular flexibility index (Phi) is 4.58. The lowest BCUT2D eigenvalue weighted by Gasteiger charge is -2.09. The summed E-state index contributed by atoms with van der Waals surface area (Å²) >= 11 is 0. The average molecular weight is 473 g/mol. The number of aromatic nitrogens is 6. The van der Waals surface area contributed by atoms with Crippen molar-refractivity contribution in [2.45, 2.75) is 37.6 Å². The third-order valence-electron chi connectivity index (χ3n) is 5.59. The number of anilines is 2.